The van der Waals surface area contributed by atoms with Crippen molar-refractivity contribution in [1.29, 1.82) is 0 Å². The predicted molar refractivity (Wildman–Crippen MR) is 67.3 cm³/mol. The molecular formula is C13H16ClNO2. The molecule has 1 fully saturated rings. The minimum atomic E-state index is -0.730. The molecule has 1 aliphatic rings. The Morgan fingerprint density at radius 1 is 1.41 bits per heavy atom. The van der Waals surface area contributed by atoms with Crippen molar-refractivity contribution in [3.8, 4) is 0 Å². The third-order valence-electron chi connectivity index (χ3n) is 3.23. The van der Waals surface area contributed by atoms with E-state index in [9.17, 15) is 4.79 Å². The van der Waals surface area contributed by atoms with Crippen molar-refractivity contribution in [2.75, 3.05) is 13.1 Å². The van der Waals surface area contributed by atoms with Crippen molar-refractivity contribution >= 4 is 17.6 Å². The highest BCUT2D eigenvalue weighted by atomic mass is 35.5. The summed E-state index contributed by atoms with van der Waals surface area (Å²) in [4.78, 5) is 12.8. The molecule has 3 nitrogen and oxygen atoms in total. The summed E-state index contributed by atoms with van der Waals surface area (Å²) in [5, 5.41) is 9.46. The zero-order valence-corrected chi connectivity index (χ0v) is 10.4. The molecule has 4 heteroatoms. The number of likely N-dealkylation sites (tertiary alicyclic amines) is 1. The molecule has 1 unspecified atom stereocenters. The topological polar surface area (TPSA) is 40.5 Å². The van der Waals surface area contributed by atoms with Gasteiger partial charge >= 0.3 is 5.97 Å². The molecule has 1 aromatic carbocycles. The molecule has 0 bridgehead atoms. The van der Waals surface area contributed by atoms with Gasteiger partial charge in [0.2, 0.25) is 0 Å². The summed E-state index contributed by atoms with van der Waals surface area (Å²) in [6.07, 6.45) is 2.44. The van der Waals surface area contributed by atoms with E-state index in [1.807, 2.05) is 24.3 Å². The van der Waals surface area contributed by atoms with Crippen LogP contribution in [0.1, 0.15) is 30.9 Å². The summed E-state index contributed by atoms with van der Waals surface area (Å²) < 4.78 is 0. The van der Waals surface area contributed by atoms with E-state index in [1.165, 1.54) is 5.56 Å². The third-order valence-corrected chi connectivity index (χ3v) is 3.48. The van der Waals surface area contributed by atoms with Crippen molar-refractivity contribution < 1.29 is 9.90 Å². The maximum Gasteiger partial charge on any atom is 0.304 e. The summed E-state index contributed by atoms with van der Waals surface area (Å²) in [5.74, 6) is -0.730. The van der Waals surface area contributed by atoms with Gasteiger partial charge in [0.1, 0.15) is 0 Å². The summed E-state index contributed by atoms with van der Waals surface area (Å²) in [6, 6.07) is 8.21. The zero-order valence-electron chi connectivity index (χ0n) is 9.60. The molecule has 0 spiro atoms. The first kappa shape index (κ1) is 12.4. The summed E-state index contributed by atoms with van der Waals surface area (Å²) in [7, 11) is 0. The fourth-order valence-corrected chi connectivity index (χ4v) is 2.52. The number of hydrogen-bond acceptors (Lipinski definition) is 2. The van der Waals surface area contributed by atoms with Crippen molar-refractivity contribution in [1.82, 2.24) is 4.90 Å². The van der Waals surface area contributed by atoms with Crippen LogP contribution in [0, 0.1) is 0 Å². The van der Waals surface area contributed by atoms with Crippen LogP contribution in [0.2, 0.25) is 5.02 Å². The molecule has 1 heterocycles. The molecule has 0 aromatic heterocycles. The number of hydrogen-bond donors (Lipinski definition) is 1. The minimum absolute atomic E-state index is 0.212. The second kappa shape index (κ2) is 5.52. The van der Waals surface area contributed by atoms with Gasteiger partial charge in [-0.25, -0.2) is 0 Å². The van der Waals surface area contributed by atoms with Crippen LogP contribution in [-0.2, 0) is 4.79 Å². The van der Waals surface area contributed by atoms with Crippen LogP contribution in [0.5, 0.6) is 0 Å². The quantitative estimate of drug-likeness (QED) is 0.897. The molecule has 17 heavy (non-hydrogen) atoms. The Morgan fingerprint density at radius 2 is 2.12 bits per heavy atom. The first-order valence-corrected chi connectivity index (χ1v) is 6.26. The van der Waals surface area contributed by atoms with Gasteiger partial charge in [0, 0.05) is 17.6 Å². The monoisotopic (exact) mass is 253 g/mol. The molecule has 0 saturated carbocycles. The second-order valence-corrected chi connectivity index (χ2v) is 4.83. The predicted octanol–water partition coefficient (Wildman–Crippen LogP) is 2.95. The number of carboxylic acid groups (broad SMARTS) is 1. The highest BCUT2D eigenvalue weighted by molar-refractivity contribution is 6.30. The van der Waals surface area contributed by atoms with Gasteiger partial charge in [-0.3, -0.25) is 9.69 Å². The molecule has 0 radical (unpaired) electrons. The van der Waals surface area contributed by atoms with Crippen LogP contribution in [0.15, 0.2) is 24.3 Å². The van der Waals surface area contributed by atoms with E-state index in [1.54, 1.807) is 0 Å². The maximum absolute atomic E-state index is 10.6. The lowest BCUT2D eigenvalue weighted by molar-refractivity contribution is -0.137. The Labute approximate surface area is 106 Å². The van der Waals surface area contributed by atoms with Crippen LogP contribution < -0.4 is 0 Å². The van der Waals surface area contributed by atoms with Gasteiger partial charge in [-0.05, 0) is 37.1 Å². The fraction of sp³-hybridized carbons (Fsp3) is 0.462. The molecule has 1 saturated heterocycles. The lowest BCUT2D eigenvalue weighted by Crippen LogP contribution is -2.26. The lowest BCUT2D eigenvalue weighted by atomic mass is 10.0. The number of carbonyl (C=O) groups is 1. The summed E-state index contributed by atoms with van der Waals surface area (Å²) in [6.45, 7) is 1.61. The van der Waals surface area contributed by atoms with Gasteiger partial charge in [0.05, 0.1) is 6.42 Å². The van der Waals surface area contributed by atoms with E-state index < -0.39 is 5.97 Å². The number of carboxylic acids is 1. The third kappa shape index (κ3) is 3.20. The van der Waals surface area contributed by atoms with Crippen LogP contribution in [0.4, 0.5) is 0 Å². The molecule has 1 N–H and O–H groups in total. The van der Waals surface area contributed by atoms with E-state index >= 15 is 0 Å². The molecule has 1 atom stereocenters. The number of nitrogens with zero attached hydrogens (tertiary/aromatic N) is 1. The Balaban J connectivity index is 2.03. The molecule has 0 aliphatic carbocycles. The van der Waals surface area contributed by atoms with Crippen molar-refractivity contribution in [2.45, 2.75) is 25.3 Å². The summed E-state index contributed by atoms with van der Waals surface area (Å²) in [5.41, 5.74) is 1.23. The largest absolute Gasteiger partial charge is 0.481 e. The van der Waals surface area contributed by atoms with Gasteiger partial charge in [0.25, 0.3) is 0 Å². The van der Waals surface area contributed by atoms with Crippen LogP contribution in [-0.4, -0.2) is 29.1 Å². The SMILES string of the molecule is O=C(O)CCN1CCCC1c1ccc(Cl)cc1. The second-order valence-electron chi connectivity index (χ2n) is 4.39. The van der Waals surface area contributed by atoms with E-state index in [0.717, 1.165) is 24.4 Å². The summed E-state index contributed by atoms with van der Waals surface area (Å²) >= 11 is 5.87. The van der Waals surface area contributed by atoms with E-state index in [2.05, 4.69) is 4.90 Å². The average Bonchev–Trinajstić information content (AvgIpc) is 2.75. The highest BCUT2D eigenvalue weighted by Crippen LogP contribution is 2.32. The molecular weight excluding hydrogens is 238 g/mol. The van der Waals surface area contributed by atoms with E-state index in [0.29, 0.717) is 12.6 Å². The van der Waals surface area contributed by atoms with Gasteiger partial charge in [-0.2, -0.15) is 0 Å². The standard InChI is InChI=1S/C13H16ClNO2/c14-11-5-3-10(4-6-11)12-2-1-8-15(12)9-7-13(16)17/h3-6,12H,1-2,7-9H2,(H,16,17). The molecule has 92 valence electrons. The van der Waals surface area contributed by atoms with E-state index in [4.69, 9.17) is 16.7 Å². The molecule has 1 aliphatic heterocycles. The number of aliphatic carboxylic acids is 1. The first-order chi connectivity index (χ1) is 8.16. The highest BCUT2D eigenvalue weighted by Gasteiger charge is 2.25. The fourth-order valence-electron chi connectivity index (χ4n) is 2.40. The van der Waals surface area contributed by atoms with Crippen molar-refractivity contribution in [3.63, 3.8) is 0 Å². The molecule has 2 rings (SSSR count). The van der Waals surface area contributed by atoms with Crippen molar-refractivity contribution in [3.05, 3.63) is 34.9 Å². The number of halogens is 1. The van der Waals surface area contributed by atoms with E-state index in [-0.39, 0.29) is 6.42 Å². The van der Waals surface area contributed by atoms with Crippen molar-refractivity contribution in [2.24, 2.45) is 0 Å². The maximum atomic E-state index is 10.6. The minimum Gasteiger partial charge on any atom is -0.481 e. The Morgan fingerprint density at radius 3 is 2.76 bits per heavy atom. The van der Waals surface area contributed by atoms with Crippen LogP contribution in [0.25, 0.3) is 0 Å². The molecule has 0 amide bonds. The van der Waals surface area contributed by atoms with Gasteiger partial charge < -0.3 is 5.11 Å². The van der Waals surface area contributed by atoms with Crippen LogP contribution >= 0.6 is 11.6 Å². The Kier molecular flexibility index (Phi) is 4.02. The number of benzene rings is 1. The van der Waals surface area contributed by atoms with Gasteiger partial charge in [-0.1, -0.05) is 23.7 Å². The lowest BCUT2D eigenvalue weighted by Gasteiger charge is -2.24. The van der Waals surface area contributed by atoms with Crippen LogP contribution in [0.3, 0.4) is 0 Å². The smallest absolute Gasteiger partial charge is 0.304 e. The van der Waals surface area contributed by atoms with Gasteiger partial charge in [-0.15, -0.1) is 0 Å². The molecule has 1 aromatic rings. The average molecular weight is 254 g/mol. The normalized spacial score (nSPS) is 20.6. The Bertz CT molecular complexity index is 391. The number of rotatable bonds is 4. The van der Waals surface area contributed by atoms with Gasteiger partial charge in [0.15, 0.2) is 0 Å². The zero-order chi connectivity index (χ0) is 12.3. The first-order valence-electron chi connectivity index (χ1n) is 5.88. The Hall–Kier alpha value is -1.06.